The predicted octanol–water partition coefficient (Wildman–Crippen LogP) is 4.52. The number of pyridine rings is 1. The first-order valence-electron chi connectivity index (χ1n) is 5.54. The van der Waals surface area contributed by atoms with Crippen LogP contribution < -0.4 is 0 Å². The highest BCUT2D eigenvalue weighted by molar-refractivity contribution is 5.78. The molecule has 0 saturated carbocycles. The number of hydrogen-bond acceptors (Lipinski definition) is 1. The van der Waals surface area contributed by atoms with Crippen molar-refractivity contribution in [1.29, 1.82) is 0 Å². The summed E-state index contributed by atoms with van der Waals surface area (Å²) in [6.07, 6.45) is 3.90. The number of nitrogens with zero attached hydrogens (tertiary/aromatic N) is 1. The van der Waals surface area contributed by atoms with Crippen LogP contribution in [0.15, 0.2) is 48.2 Å². The molecule has 0 saturated heterocycles. The van der Waals surface area contributed by atoms with Gasteiger partial charge in [0, 0.05) is 11.6 Å². The third-order valence-corrected chi connectivity index (χ3v) is 2.34. The maximum Gasteiger partial charge on any atom is 0.0704 e. The van der Waals surface area contributed by atoms with Gasteiger partial charge < -0.3 is 0 Å². The van der Waals surface area contributed by atoms with Crippen LogP contribution in [0.1, 0.15) is 26.3 Å². The van der Waals surface area contributed by atoms with Crippen molar-refractivity contribution in [1.82, 2.24) is 4.98 Å². The summed E-state index contributed by atoms with van der Waals surface area (Å²) in [5, 5.41) is 1.21. The van der Waals surface area contributed by atoms with E-state index < -0.39 is 0 Å². The fourth-order valence-electron chi connectivity index (χ4n) is 1.18. The van der Waals surface area contributed by atoms with Gasteiger partial charge >= 0.3 is 0 Å². The number of aryl methyl sites for hydroxylation is 1. The van der Waals surface area contributed by atoms with Gasteiger partial charge in [0.1, 0.15) is 0 Å². The molecule has 0 radical (unpaired) electrons. The van der Waals surface area contributed by atoms with Gasteiger partial charge in [0.2, 0.25) is 0 Å². The monoisotopic (exact) mass is 213 g/mol. The summed E-state index contributed by atoms with van der Waals surface area (Å²) in [5.41, 5.74) is 3.72. The van der Waals surface area contributed by atoms with E-state index in [2.05, 4.69) is 56.1 Å². The minimum absolute atomic E-state index is 1.08. The molecule has 0 aliphatic rings. The first-order valence-corrected chi connectivity index (χ1v) is 5.54. The van der Waals surface area contributed by atoms with E-state index in [4.69, 9.17) is 0 Å². The van der Waals surface area contributed by atoms with Crippen LogP contribution in [0.2, 0.25) is 0 Å². The Labute approximate surface area is 97.8 Å². The second-order valence-corrected chi connectivity index (χ2v) is 4.07. The van der Waals surface area contributed by atoms with E-state index in [1.54, 1.807) is 0 Å². The van der Waals surface area contributed by atoms with Gasteiger partial charge in [-0.05, 0) is 45.4 Å². The highest BCUT2D eigenvalue weighted by Crippen LogP contribution is 2.11. The zero-order valence-corrected chi connectivity index (χ0v) is 10.5. The topological polar surface area (TPSA) is 12.9 Å². The van der Waals surface area contributed by atoms with Gasteiger partial charge in [-0.2, -0.15) is 0 Å². The van der Waals surface area contributed by atoms with E-state index in [0.717, 1.165) is 5.52 Å². The average molecular weight is 213 g/mol. The Hall–Kier alpha value is -1.63. The van der Waals surface area contributed by atoms with Crippen molar-refractivity contribution in [2.75, 3.05) is 0 Å². The zero-order chi connectivity index (χ0) is 12.0. The minimum Gasteiger partial charge on any atom is -0.256 e. The van der Waals surface area contributed by atoms with Crippen LogP contribution in [0.4, 0.5) is 0 Å². The lowest BCUT2D eigenvalue weighted by Crippen LogP contribution is -1.77. The van der Waals surface area contributed by atoms with Gasteiger partial charge in [0.25, 0.3) is 0 Å². The van der Waals surface area contributed by atoms with Crippen molar-refractivity contribution >= 4 is 10.9 Å². The summed E-state index contributed by atoms with van der Waals surface area (Å²) in [5.74, 6) is 0. The Morgan fingerprint density at radius 3 is 2.50 bits per heavy atom. The van der Waals surface area contributed by atoms with Crippen LogP contribution in [0.25, 0.3) is 10.9 Å². The van der Waals surface area contributed by atoms with Gasteiger partial charge in [-0.1, -0.05) is 29.8 Å². The molecule has 0 spiro atoms. The Morgan fingerprint density at radius 2 is 1.88 bits per heavy atom. The van der Waals surface area contributed by atoms with E-state index in [1.807, 2.05) is 19.2 Å². The summed E-state index contributed by atoms with van der Waals surface area (Å²) in [7, 11) is 0. The Balaban J connectivity index is 0.000000221. The molecule has 0 amide bonds. The molecule has 1 heterocycles. The standard InChI is InChI=1S/C10H9N.C5H10/c1-8-4-5-9-3-2-6-11-10(9)7-8;1-4-5(2)3/h2-7H,1H3;4H,1-3H3. The van der Waals surface area contributed by atoms with Gasteiger partial charge in [0.05, 0.1) is 5.52 Å². The van der Waals surface area contributed by atoms with Crippen LogP contribution in [-0.2, 0) is 0 Å². The molecule has 2 rings (SSSR count). The van der Waals surface area contributed by atoms with Gasteiger partial charge in [0.15, 0.2) is 0 Å². The fourth-order valence-corrected chi connectivity index (χ4v) is 1.18. The molecule has 2 aromatic rings. The van der Waals surface area contributed by atoms with Crippen molar-refractivity contribution in [2.45, 2.75) is 27.7 Å². The van der Waals surface area contributed by atoms with Crippen LogP contribution >= 0.6 is 0 Å². The molecule has 16 heavy (non-hydrogen) atoms. The third-order valence-electron chi connectivity index (χ3n) is 2.34. The summed E-state index contributed by atoms with van der Waals surface area (Å²) in [4.78, 5) is 4.24. The van der Waals surface area contributed by atoms with E-state index in [1.165, 1.54) is 16.5 Å². The van der Waals surface area contributed by atoms with Gasteiger partial charge in [-0.3, -0.25) is 4.98 Å². The lowest BCUT2D eigenvalue weighted by atomic mass is 10.1. The van der Waals surface area contributed by atoms with E-state index in [-0.39, 0.29) is 0 Å². The van der Waals surface area contributed by atoms with E-state index >= 15 is 0 Å². The van der Waals surface area contributed by atoms with Crippen LogP contribution in [-0.4, -0.2) is 4.98 Å². The predicted molar refractivity (Wildman–Crippen MR) is 71.6 cm³/mol. The molecule has 84 valence electrons. The summed E-state index contributed by atoms with van der Waals surface area (Å²) in [6.45, 7) is 8.28. The van der Waals surface area contributed by atoms with Gasteiger partial charge in [-0.25, -0.2) is 0 Å². The van der Waals surface area contributed by atoms with Crippen molar-refractivity contribution in [3.05, 3.63) is 53.7 Å². The molecule has 0 aliphatic carbocycles. The maximum atomic E-state index is 4.24. The molecular formula is C15H19N. The highest BCUT2D eigenvalue weighted by Gasteiger charge is 1.90. The van der Waals surface area contributed by atoms with Crippen molar-refractivity contribution in [3.63, 3.8) is 0 Å². The SMILES string of the molecule is CC=C(C)C.Cc1ccc2cccnc2c1. The lowest BCUT2D eigenvalue weighted by molar-refractivity contribution is 1.36. The quantitative estimate of drug-likeness (QED) is 0.586. The Bertz CT molecular complexity index is 480. The molecule has 0 bridgehead atoms. The second kappa shape index (κ2) is 6.06. The molecule has 0 fully saturated rings. The Morgan fingerprint density at radius 1 is 1.19 bits per heavy atom. The lowest BCUT2D eigenvalue weighted by Gasteiger charge is -1.95. The largest absolute Gasteiger partial charge is 0.256 e. The first-order chi connectivity index (χ1) is 7.63. The maximum absolute atomic E-state index is 4.24. The summed E-state index contributed by atoms with van der Waals surface area (Å²) >= 11 is 0. The van der Waals surface area contributed by atoms with Crippen LogP contribution in [0, 0.1) is 6.92 Å². The van der Waals surface area contributed by atoms with E-state index in [0.29, 0.717) is 0 Å². The molecule has 1 aromatic carbocycles. The minimum atomic E-state index is 1.08. The zero-order valence-electron chi connectivity index (χ0n) is 10.5. The molecule has 1 aromatic heterocycles. The molecule has 1 heteroatoms. The van der Waals surface area contributed by atoms with Crippen molar-refractivity contribution in [3.8, 4) is 0 Å². The molecular weight excluding hydrogens is 194 g/mol. The number of aromatic nitrogens is 1. The average Bonchev–Trinajstić information content (AvgIpc) is 2.29. The second-order valence-electron chi connectivity index (χ2n) is 4.07. The Kier molecular flexibility index (Phi) is 4.71. The molecule has 0 unspecified atom stereocenters. The number of fused-ring (bicyclic) bond motifs is 1. The highest BCUT2D eigenvalue weighted by atomic mass is 14.6. The number of hydrogen-bond donors (Lipinski definition) is 0. The van der Waals surface area contributed by atoms with Crippen LogP contribution in [0.5, 0.6) is 0 Å². The number of rotatable bonds is 0. The molecule has 0 N–H and O–H groups in total. The van der Waals surface area contributed by atoms with Gasteiger partial charge in [-0.15, -0.1) is 0 Å². The van der Waals surface area contributed by atoms with Crippen molar-refractivity contribution in [2.24, 2.45) is 0 Å². The van der Waals surface area contributed by atoms with Crippen LogP contribution in [0.3, 0.4) is 0 Å². The normalized spacial score (nSPS) is 9.25. The number of benzene rings is 1. The molecule has 0 atom stereocenters. The summed E-state index contributed by atoms with van der Waals surface area (Å²) < 4.78 is 0. The third kappa shape index (κ3) is 3.85. The number of allylic oxidation sites excluding steroid dienone is 2. The molecule has 1 nitrogen and oxygen atoms in total. The molecule has 0 aliphatic heterocycles. The van der Waals surface area contributed by atoms with Crippen molar-refractivity contribution < 1.29 is 0 Å². The smallest absolute Gasteiger partial charge is 0.0704 e. The summed E-state index contributed by atoms with van der Waals surface area (Å²) in [6, 6.07) is 10.3. The fraction of sp³-hybridized carbons (Fsp3) is 0.267. The van der Waals surface area contributed by atoms with E-state index in [9.17, 15) is 0 Å². The first kappa shape index (κ1) is 12.4.